The molecule has 2 heterocycles. The van der Waals surface area contributed by atoms with Gasteiger partial charge in [0.25, 0.3) is 0 Å². The minimum Gasteiger partial charge on any atom is -0.469 e. The summed E-state index contributed by atoms with van der Waals surface area (Å²) in [5, 5.41) is 2.97. The maximum Gasteiger partial charge on any atom is 0.185 e. The third kappa shape index (κ3) is 2.39. The normalized spacial score (nSPS) is 10.7. The van der Waals surface area contributed by atoms with Gasteiger partial charge in [-0.25, -0.2) is 4.98 Å². The van der Waals surface area contributed by atoms with Crippen LogP contribution in [0.3, 0.4) is 0 Å². The van der Waals surface area contributed by atoms with E-state index < -0.39 is 0 Å². The summed E-state index contributed by atoms with van der Waals surface area (Å²) in [6, 6.07) is 1.99. The van der Waals surface area contributed by atoms with Crippen molar-refractivity contribution in [1.82, 2.24) is 4.98 Å². The number of hydrogen-bond donors (Lipinski definition) is 0. The van der Waals surface area contributed by atoms with Crippen LogP contribution >= 0.6 is 22.9 Å². The maximum atomic E-state index is 5.72. The predicted octanol–water partition coefficient (Wildman–Crippen LogP) is 3.42. The average molecular weight is 257 g/mol. The zero-order valence-electron chi connectivity index (χ0n) is 9.24. The Morgan fingerprint density at radius 3 is 2.94 bits per heavy atom. The molecule has 86 valence electrons. The molecule has 3 nitrogen and oxygen atoms in total. The van der Waals surface area contributed by atoms with Crippen molar-refractivity contribution in [2.75, 3.05) is 11.9 Å². The van der Waals surface area contributed by atoms with E-state index in [1.54, 1.807) is 17.6 Å². The summed E-state index contributed by atoms with van der Waals surface area (Å²) in [7, 11) is 2.02. The molecule has 0 aliphatic rings. The van der Waals surface area contributed by atoms with Gasteiger partial charge in [0.1, 0.15) is 5.76 Å². The first-order valence-corrected chi connectivity index (χ1v) is 6.36. The first kappa shape index (κ1) is 11.5. The fourth-order valence-corrected chi connectivity index (χ4v) is 2.45. The highest BCUT2D eigenvalue weighted by Crippen LogP contribution is 2.22. The van der Waals surface area contributed by atoms with Crippen molar-refractivity contribution in [1.29, 1.82) is 0 Å². The van der Waals surface area contributed by atoms with Crippen LogP contribution in [-0.2, 0) is 12.4 Å². The van der Waals surface area contributed by atoms with Crippen LogP contribution in [0, 0.1) is 6.92 Å². The zero-order chi connectivity index (χ0) is 11.5. The number of alkyl halides is 1. The van der Waals surface area contributed by atoms with Crippen LogP contribution in [0.25, 0.3) is 0 Å². The second kappa shape index (κ2) is 4.89. The molecule has 0 N–H and O–H groups in total. The molecule has 0 saturated heterocycles. The van der Waals surface area contributed by atoms with Crippen LogP contribution in [0.4, 0.5) is 5.13 Å². The Labute approximate surface area is 104 Å². The van der Waals surface area contributed by atoms with Crippen LogP contribution in [-0.4, -0.2) is 12.0 Å². The second-order valence-electron chi connectivity index (χ2n) is 3.61. The van der Waals surface area contributed by atoms with E-state index in [0.717, 1.165) is 23.1 Å². The van der Waals surface area contributed by atoms with E-state index in [4.69, 9.17) is 16.0 Å². The SMILES string of the molecule is Cc1occc1CN(C)c1nc(CCl)cs1. The van der Waals surface area contributed by atoms with Crippen molar-refractivity contribution in [2.24, 2.45) is 0 Å². The third-order valence-electron chi connectivity index (χ3n) is 2.38. The van der Waals surface area contributed by atoms with Gasteiger partial charge in [-0.15, -0.1) is 22.9 Å². The zero-order valence-corrected chi connectivity index (χ0v) is 10.8. The van der Waals surface area contributed by atoms with Gasteiger partial charge in [0.2, 0.25) is 0 Å². The predicted molar refractivity (Wildman–Crippen MR) is 67.2 cm³/mol. The standard InChI is InChI=1S/C11H13ClN2OS/c1-8-9(3-4-15-8)6-14(2)11-13-10(5-12)7-16-11/h3-4,7H,5-6H2,1-2H3. The van der Waals surface area contributed by atoms with E-state index in [2.05, 4.69) is 9.88 Å². The Kier molecular flexibility index (Phi) is 3.51. The number of rotatable bonds is 4. The van der Waals surface area contributed by atoms with E-state index in [0.29, 0.717) is 5.88 Å². The maximum absolute atomic E-state index is 5.72. The summed E-state index contributed by atoms with van der Waals surface area (Å²) < 4.78 is 5.26. The van der Waals surface area contributed by atoms with E-state index in [-0.39, 0.29) is 0 Å². The Hall–Kier alpha value is -1.00. The Morgan fingerprint density at radius 2 is 2.38 bits per heavy atom. The molecule has 0 aliphatic carbocycles. The lowest BCUT2D eigenvalue weighted by molar-refractivity contribution is 0.529. The van der Waals surface area contributed by atoms with Gasteiger partial charge in [-0.1, -0.05) is 0 Å². The van der Waals surface area contributed by atoms with Gasteiger partial charge in [-0.05, 0) is 13.0 Å². The van der Waals surface area contributed by atoms with E-state index in [1.165, 1.54) is 5.56 Å². The monoisotopic (exact) mass is 256 g/mol. The summed E-state index contributed by atoms with van der Waals surface area (Å²) in [5.41, 5.74) is 2.11. The van der Waals surface area contributed by atoms with Crippen molar-refractivity contribution < 1.29 is 4.42 Å². The Bertz CT molecular complexity index is 466. The molecule has 2 aromatic rings. The smallest absolute Gasteiger partial charge is 0.185 e. The average Bonchev–Trinajstić information content (AvgIpc) is 2.88. The molecule has 0 radical (unpaired) electrons. The minimum atomic E-state index is 0.467. The summed E-state index contributed by atoms with van der Waals surface area (Å²) in [6.07, 6.45) is 1.71. The van der Waals surface area contributed by atoms with E-state index in [9.17, 15) is 0 Å². The number of furan rings is 1. The van der Waals surface area contributed by atoms with Crippen molar-refractivity contribution in [3.8, 4) is 0 Å². The molecule has 16 heavy (non-hydrogen) atoms. The molecular formula is C11H13ClN2OS. The van der Waals surface area contributed by atoms with Crippen LogP contribution in [0.1, 0.15) is 17.0 Å². The van der Waals surface area contributed by atoms with Gasteiger partial charge >= 0.3 is 0 Å². The molecule has 0 amide bonds. The lowest BCUT2D eigenvalue weighted by atomic mass is 10.2. The molecule has 0 spiro atoms. The minimum absolute atomic E-state index is 0.467. The molecule has 5 heteroatoms. The van der Waals surface area contributed by atoms with Gasteiger partial charge in [0, 0.05) is 24.5 Å². The summed E-state index contributed by atoms with van der Waals surface area (Å²) in [6.45, 7) is 2.77. The number of hydrogen-bond acceptors (Lipinski definition) is 4. The topological polar surface area (TPSA) is 29.3 Å². The van der Waals surface area contributed by atoms with Gasteiger partial charge < -0.3 is 9.32 Å². The summed E-state index contributed by atoms with van der Waals surface area (Å²) in [4.78, 5) is 6.52. The number of thiazole rings is 1. The van der Waals surface area contributed by atoms with Crippen LogP contribution in [0.2, 0.25) is 0 Å². The van der Waals surface area contributed by atoms with Gasteiger partial charge in [0.15, 0.2) is 5.13 Å². The van der Waals surface area contributed by atoms with Crippen LogP contribution < -0.4 is 4.90 Å². The molecule has 2 aromatic heterocycles. The largest absolute Gasteiger partial charge is 0.469 e. The number of anilines is 1. The molecule has 0 aliphatic heterocycles. The number of aromatic nitrogens is 1. The molecule has 0 unspecified atom stereocenters. The summed E-state index contributed by atoms with van der Waals surface area (Å²) >= 11 is 7.33. The van der Waals surface area contributed by atoms with E-state index in [1.807, 2.05) is 25.4 Å². The Morgan fingerprint density at radius 1 is 1.56 bits per heavy atom. The van der Waals surface area contributed by atoms with Crippen LogP contribution in [0.15, 0.2) is 22.1 Å². The van der Waals surface area contributed by atoms with Crippen molar-refractivity contribution in [3.05, 3.63) is 34.7 Å². The van der Waals surface area contributed by atoms with Crippen molar-refractivity contribution in [2.45, 2.75) is 19.3 Å². The molecule has 0 saturated carbocycles. The highest BCUT2D eigenvalue weighted by Gasteiger charge is 2.09. The third-order valence-corrected chi connectivity index (χ3v) is 3.65. The number of halogens is 1. The van der Waals surface area contributed by atoms with Crippen molar-refractivity contribution in [3.63, 3.8) is 0 Å². The van der Waals surface area contributed by atoms with E-state index >= 15 is 0 Å². The van der Waals surface area contributed by atoms with Gasteiger partial charge in [-0.2, -0.15) is 0 Å². The first-order chi connectivity index (χ1) is 7.70. The van der Waals surface area contributed by atoms with Crippen molar-refractivity contribution >= 4 is 28.1 Å². The lowest BCUT2D eigenvalue weighted by Gasteiger charge is -2.14. The molecule has 2 rings (SSSR count). The molecule has 0 atom stereocenters. The highest BCUT2D eigenvalue weighted by molar-refractivity contribution is 7.13. The Balaban J connectivity index is 2.08. The fraction of sp³-hybridized carbons (Fsp3) is 0.364. The second-order valence-corrected chi connectivity index (χ2v) is 4.72. The molecular weight excluding hydrogens is 244 g/mol. The number of nitrogens with zero attached hydrogens (tertiary/aromatic N) is 2. The lowest BCUT2D eigenvalue weighted by Crippen LogP contribution is -2.16. The van der Waals surface area contributed by atoms with Crippen LogP contribution in [0.5, 0.6) is 0 Å². The number of aryl methyl sites for hydroxylation is 1. The molecule has 0 aromatic carbocycles. The van der Waals surface area contributed by atoms with Gasteiger partial charge in [-0.3, -0.25) is 0 Å². The highest BCUT2D eigenvalue weighted by atomic mass is 35.5. The fourth-order valence-electron chi connectivity index (χ4n) is 1.43. The quantitative estimate of drug-likeness (QED) is 0.785. The summed E-state index contributed by atoms with van der Waals surface area (Å²) in [5.74, 6) is 1.43. The van der Waals surface area contributed by atoms with Gasteiger partial charge in [0.05, 0.1) is 17.8 Å². The molecule has 0 bridgehead atoms. The molecule has 0 fully saturated rings. The first-order valence-electron chi connectivity index (χ1n) is 4.95.